The van der Waals surface area contributed by atoms with E-state index in [4.69, 9.17) is 16.3 Å². The Bertz CT molecular complexity index is 615. The molecule has 7 heteroatoms. The van der Waals surface area contributed by atoms with Gasteiger partial charge in [0.05, 0.1) is 0 Å². The molecule has 1 aromatic heterocycles. The Labute approximate surface area is 121 Å². The van der Waals surface area contributed by atoms with E-state index in [-0.39, 0.29) is 6.10 Å². The van der Waals surface area contributed by atoms with Gasteiger partial charge in [-0.05, 0) is 19.9 Å². The summed E-state index contributed by atoms with van der Waals surface area (Å²) in [5.74, 6) is 1.08. The van der Waals surface area contributed by atoms with Crippen LogP contribution < -0.4 is 5.43 Å². The van der Waals surface area contributed by atoms with Crippen molar-refractivity contribution in [2.24, 2.45) is 0 Å². The highest BCUT2D eigenvalue weighted by atomic mass is 35.5. The topological polar surface area (TPSA) is 72.2 Å². The van der Waals surface area contributed by atoms with Crippen LogP contribution in [0.1, 0.15) is 49.5 Å². The predicted octanol–water partition coefficient (Wildman–Crippen LogP) is 2.32. The maximum atomic E-state index is 9.74. The molecule has 20 heavy (non-hydrogen) atoms. The van der Waals surface area contributed by atoms with Crippen LogP contribution in [0.5, 0.6) is 0 Å². The van der Waals surface area contributed by atoms with Gasteiger partial charge in [0.15, 0.2) is 17.9 Å². The molecule has 2 N–H and O–H groups in total. The summed E-state index contributed by atoms with van der Waals surface area (Å²) in [6, 6.07) is 7.46. The van der Waals surface area contributed by atoms with Crippen molar-refractivity contribution in [3.8, 4) is 0 Å². The van der Waals surface area contributed by atoms with Gasteiger partial charge in [-0.2, -0.15) is 0 Å². The van der Waals surface area contributed by atoms with Crippen molar-refractivity contribution < 1.29 is 9.84 Å². The maximum absolute atomic E-state index is 9.74. The lowest BCUT2D eigenvalue weighted by Gasteiger charge is -2.31. The van der Waals surface area contributed by atoms with Crippen LogP contribution in [0.3, 0.4) is 0 Å². The third kappa shape index (κ3) is 2.15. The first-order valence-corrected chi connectivity index (χ1v) is 6.75. The average Bonchev–Trinajstić information content (AvgIpc) is 2.83. The summed E-state index contributed by atoms with van der Waals surface area (Å²) in [6.45, 7) is 3.53. The molecule has 1 aliphatic heterocycles. The molecule has 0 aliphatic carbocycles. The van der Waals surface area contributed by atoms with Crippen molar-refractivity contribution in [1.29, 1.82) is 0 Å². The molecule has 6 nitrogen and oxygen atoms in total. The molecule has 3 unspecified atom stereocenters. The number of hydrogen-bond acceptors (Lipinski definition) is 5. The van der Waals surface area contributed by atoms with Gasteiger partial charge in [0.2, 0.25) is 0 Å². The molecule has 0 fully saturated rings. The average molecular weight is 295 g/mol. The number of fused-ring (bicyclic) bond motifs is 1. The minimum Gasteiger partial charge on any atom is -0.385 e. The van der Waals surface area contributed by atoms with E-state index >= 15 is 0 Å². The van der Waals surface area contributed by atoms with Gasteiger partial charge in [-0.25, -0.2) is 4.68 Å². The van der Waals surface area contributed by atoms with Crippen LogP contribution in [0, 0.1) is 0 Å². The summed E-state index contributed by atoms with van der Waals surface area (Å²) in [5.41, 5.74) is 3.97. The molecular formula is C13H15ClN4O2. The highest BCUT2D eigenvalue weighted by molar-refractivity contribution is 6.31. The van der Waals surface area contributed by atoms with E-state index in [2.05, 4.69) is 15.6 Å². The fraction of sp³-hybridized carbons (Fsp3) is 0.385. The first-order valence-electron chi connectivity index (χ1n) is 6.37. The van der Waals surface area contributed by atoms with Gasteiger partial charge in [-0.1, -0.05) is 29.8 Å². The molecule has 1 aliphatic rings. The number of aliphatic hydroxyl groups is 1. The number of rotatable bonds is 2. The molecule has 0 radical (unpaired) electrons. The Morgan fingerprint density at radius 2 is 2.15 bits per heavy atom. The predicted molar refractivity (Wildman–Crippen MR) is 73.7 cm³/mol. The van der Waals surface area contributed by atoms with Crippen molar-refractivity contribution in [3.05, 3.63) is 46.5 Å². The number of nitrogens with zero attached hydrogens (tertiary/aromatic N) is 3. The van der Waals surface area contributed by atoms with Gasteiger partial charge in [0, 0.05) is 10.6 Å². The van der Waals surface area contributed by atoms with E-state index in [1.807, 2.05) is 31.2 Å². The smallest absolute Gasteiger partial charge is 0.180 e. The van der Waals surface area contributed by atoms with Crippen molar-refractivity contribution in [2.75, 3.05) is 5.43 Å². The zero-order valence-corrected chi connectivity index (χ0v) is 11.9. The summed E-state index contributed by atoms with van der Waals surface area (Å²) < 4.78 is 7.55. The highest BCUT2D eigenvalue weighted by Gasteiger charge is 2.31. The lowest BCUT2D eigenvalue weighted by Crippen LogP contribution is -2.34. The molecule has 2 aromatic rings. The lowest BCUT2D eigenvalue weighted by atomic mass is 10.2. The molecule has 1 aromatic carbocycles. The van der Waals surface area contributed by atoms with Gasteiger partial charge in [0.25, 0.3) is 0 Å². The SMILES string of the molecule is CC(O)c1nnc2n1NC(c1ccccc1Cl)OC2C. The third-order valence-corrected chi connectivity index (χ3v) is 3.57. The number of benzene rings is 1. The quantitative estimate of drug-likeness (QED) is 0.889. The fourth-order valence-electron chi connectivity index (χ4n) is 2.22. The summed E-state index contributed by atoms with van der Waals surface area (Å²) in [5, 5.41) is 18.4. The Hall–Kier alpha value is -1.63. The first kappa shape index (κ1) is 13.4. The zero-order chi connectivity index (χ0) is 14.3. The zero-order valence-electron chi connectivity index (χ0n) is 11.1. The highest BCUT2D eigenvalue weighted by Crippen LogP contribution is 2.33. The van der Waals surface area contributed by atoms with E-state index in [9.17, 15) is 5.11 Å². The summed E-state index contributed by atoms with van der Waals surface area (Å²) in [6.07, 6.45) is -1.39. The number of hydrogen-bond donors (Lipinski definition) is 2. The normalized spacial score (nSPS) is 23.0. The molecule has 0 saturated heterocycles. The van der Waals surface area contributed by atoms with Crippen LogP contribution in [0.15, 0.2) is 24.3 Å². The molecule has 0 bridgehead atoms. The van der Waals surface area contributed by atoms with E-state index in [1.165, 1.54) is 0 Å². The van der Waals surface area contributed by atoms with Gasteiger partial charge in [0.1, 0.15) is 12.2 Å². The van der Waals surface area contributed by atoms with E-state index < -0.39 is 12.3 Å². The Morgan fingerprint density at radius 1 is 1.40 bits per heavy atom. The Kier molecular flexibility index (Phi) is 3.37. The standard InChI is InChI=1S/C13H15ClN4O2/c1-7(19)11-15-16-12-8(2)20-13(17-18(11)12)9-5-3-4-6-10(9)14/h3-8,13,17,19H,1-2H3. The third-order valence-electron chi connectivity index (χ3n) is 3.22. The minimum atomic E-state index is -0.721. The van der Waals surface area contributed by atoms with Gasteiger partial charge >= 0.3 is 0 Å². The lowest BCUT2D eigenvalue weighted by molar-refractivity contribution is -0.0214. The van der Waals surface area contributed by atoms with E-state index in [0.29, 0.717) is 16.7 Å². The maximum Gasteiger partial charge on any atom is 0.180 e. The molecule has 2 heterocycles. The number of ether oxygens (including phenoxy) is 1. The summed E-state index contributed by atoms with van der Waals surface area (Å²) in [4.78, 5) is 0. The molecule has 0 amide bonds. The number of aliphatic hydroxyl groups excluding tert-OH is 1. The van der Waals surface area contributed by atoms with E-state index in [1.54, 1.807) is 11.6 Å². The van der Waals surface area contributed by atoms with Crippen LogP contribution in [0.25, 0.3) is 0 Å². The van der Waals surface area contributed by atoms with Crippen molar-refractivity contribution in [3.63, 3.8) is 0 Å². The second-order valence-corrected chi connectivity index (χ2v) is 5.14. The van der Waals surface area contributed by atoms with Crippen molar-refractivity contribution >= 4 is 11.6 Å². The van der Waals surface area contributed by atoms with Crippen LogP contribution in [0.4, 0.5) is 0 Å². The number of nitrogens with one attached hydrogen (secondary N) is 1. The molecule has 0 saturated carbocycles. The molecule has 0 spiro atoms. The summed E-state index contributed by atoms with van der Waals surface area (Å²) >= 11 is 6.20. The van der Waals surface area contributed by atoms with E-state index in [0.717, 1.165) is 5.56 Å². The van der Waals surface area contributed by atoms with Gasteiger partial charge in [-0.15, -0.1) is 10.2 Å². The van der Waals surface area contributed by atoms with Crippen LogP contribution in [0.2, 0.25) is 5.02 Å². The Morgan fingerprint density at radius 3 is 2.85 bits per heavy atom. The molecule has 106 valence electrons. The Balaban J connectivity index is 1.99. The van der Waals surface area contributed by atoms with Crippen LogP contribution in [-0.2, 0) is 4.74 Å². The van der Waals surface area contributed by atoms with Gasteiger partial charge < -0.3 is 9.84 Å². The summed E-state index contributed by atoms with van der Waals surface area (Å²) in [7, 11) is 0. The number of aromatic nitrogens is 3. The fourth-order valence-corrected chi connectivity index (χ4v) is 2.45. The van der Waals surface area contributed by atoms with Crippen LogP contribution in [-0.4, -0.2) is 20.0 Å². The van der Waals surface area contributed by atoms with Crippen molar-refractivity contribution in [2.45, 2.75) is 32.3 Å². The van der Waals surface area contributed by atoms with Crippen LogP contribution >= 0.6 is 11.6 Å². The largest absolute Gasteiger partial charge is 0.385 e. The van der Waals surface area contributed by atoms with Gasteiger partial charge in [-0.3, -0.25) is 5.43 Å². The second-order valence-electron chi connectivity index (χ2n) is 4.74. The molecule has 3 rings (SSSR count). The molecular weight excluding hydrogens is 280 g/mol. The minimum absolute atomic E-state index is 0.252. The van der Waals surface area contributed by atoms with Crippen molar-refractivity contribution in [1.82, 2.24) is 14.9 Å². The first-order chi connectivity index (χ1) is 9.58. The monoisotopic (exact) mass is 294 g/mol. The second kappa shape index (κ2) is 5.05. The number of halogens is 1. The molecule has 3 atom stereocenters.